The normalized spacial score (nSPS) is 22.4. The van der Waals surface area contributed by atoms with E-state index in [2.05, 4.69) is 45.0 Å². The van der Waals surface area contributed by atoms with Gasteiger partial charge in [-0.25, -0.2) is 0 Å². The predicted molar refractivity (Wildman–Crippen MR) is 126 cm³/mol. The molecule has 6 N–H and O–H groups in total. The second kappa shape index (κ2) is 12.3. The van der Waals surface area contributed by atoms with Gasteiger partial charge >= 0.3 is 0 Å². The Morgan fingerprint density at radius 2 is 1.77 bits per heavy atom. The summed E-state index contributed by atoms with van der Waals surface area (Å²) < 4.78 is 0. The van der Waals surface area contributed by atoms with E-state index in [1.807, 2.05) is 6.07 Å². The third-order valence-corrected chi connectivity index (χ3v) is 6.20. The van der Waals surface area contributed by atoms with Crippen molar-refractivity contribution in [1.82, 2.24) is 25.9 Å². The lowest BCUT2D eigenvalue weighted by molar-refractivity contribution is 0.275. The molecule has 3 rings (SSSR count). The number of nitrogens with two attached hydrogens (primary N) is 1. The van der Waals surface area contributed by atoms with Crippen LogP contribution in [0.1, 0.15) is 46.0 Å². The van der Waals surface area contributed by atoms with Crippen LogP contribution in [0.25, 0.3) is 0 Å². The molecule has 1 aliphatic carbocycles. The minimum atomic E-state index is 0.541. The van der Waals surface area contributed by atoms with Crippen LogP contribution in [0.5, 0.6) is 0 Å². The van der Waals surface area contributed by atoms with Crippen molar-refractivity contribution in [2.75, 3.05) is 68.3 Å². The average molecular weight is 419 g/mol. The van der Waals surface area contributed by atoms with Crippen molar-refractivity contribution in [3.05, 3.63) is 6.07 Å². The molecule has 0 spiro atoms. The summed E-state index contributed by atoms with van der Waals surface area (Å²) in [5, 5.41) is 13.9. The lowest BCUT2D eigenvalue weighted by atomic mass is 9.82. The Labute approximate surface area is 182 Å². The summed E-state index contributed by atoms with van der Waals surface area (Å²) in [6.07, 6.45) is 6.39. The van der Waals surface area contributed by atoms with E-state index in [-0.39, 0.29) is 0 Å². The van der Waals surface area contributed by atoms with E-state index in [0.717, 1.165) is 64.1 Å². The third-order valence-electron chi connectivity index (χ3n) is 6.20. The molecule has 0 atom stereocenters. The Bertz CT molecular complexity index is 609. The van der Waals surface area contributed by atoms with E-state index in [1.54, 1.807) is 0 Å². The molecule has 2 heterocycles. The van der Waals surface area contributed by atoms with Crippen LogP contribution in [0.3, 0.4) is 0 Å². The number of piperazine rings is 1. The molecule has 0 aromatic carbocycles. The van der Waals surface area contributed by atoms with E-state index >= 15 is 0 Å². The van der Waals surface area contributed by atoms with Gasteiger partial charge in [0.2, 0.25) is 5.95 Å². The fourth-order valence-electron chi connectivity index (χ4n) is 4.37. The molecule has 1 aromatic heterocycles. The van der Waals surface area contributed by atoms with Crippen molar-refractivity contribution in [1.29, 1.82) is 0 Å². The van der Waals surface area contributed by atoms with Gasteiger partial charge < -0.3 is 31.9 Å². The second-order valence-corrected chi connectivity index (χ2v) is 9.15. The van der Waals surface area contributed by atoms with Crippen LogP contribution in [0, 0.1) is 11.8 Å². The maximum Gasteiger partial charge on any atom is 0.226 e. The van der Waals surface area contributed by atoms with Gasteiger partial charge in [0.05, 0.1) is 0 Å². The smallest absolute Gasteiger partial charge is 0.226 e. The fourth-order valence-corrected chi connectivity index (χ4v) is 4.37. The lowest BCUT2D eigenvalue weighted by Crippen LogP contribution is -2.44. The first-order chi connectivity index (χ1) is 14.6. The van der Waals surface area contributed by atoms with Crippen molar-refractivity contribution < 1.29 is 0 Å². The molecule has 1 saturated heterocycles. The van der Waals surface area contributed by atoms with Gasteiger partial charge in [-0.1, -0.05) is 13.8 Å². The van der Waals surface area contributed by atoms with Crippen LogP contribution < -0.4 is 31.9 Å². The summed E-state index contributed by atoms with van der Waals surface area (Å²) in [5.41, 5.74) is 6.04. The van der Waals surface area contributed by atoms with Crippen molar-refractivity contribution in [2.24, 2.45) is 11.8 Å². The van der Waals surface area contributed by atoms with Gasteiger partial charge in [0, 0.05) is 44.8 Å². The number of hydrogen-bond acceptors (Lipinski definition) is 8. The zero-order valence-corrected chi connectivity index (χ0v) is 18.9. The summed E-state index contributed by atoms with van der Waals surface area (Å²) in [6.45, 7) is 12.6. The Morgan fingerprint density at radius 1 is 1.07 bits per heavy atom. The number of nitrogen functional groups attached to an aromatic ring is 1. The summed E-state index contributed by atoms with van der Waals surface area (Å²) in [4.78, 5) is 11.4. The van der Waals surface area contributed by atoms with Crippen LogP contribution >= 0.6 is 0 Å². The number of aromatic nitrogens is 2. The average Bonchev–Trinajstić information content (AvgIpc) is 2.75. The Hall–Kier alpha value is -1.64. The molecule has 0 bridgehead atoms. The first-order valence-corrected chi connectivity index (χ1v) is 11.9. The number of anilines is 3. The van der Waals surface area contributed by atoms with Crippen LogP contribution in [-0.2, 0) is 0 Å². The molecule has 0 amide bonds. The van der Waals surface area contributed by atoms with E-state index in [0.29, 0.717) is 23.7 Å². The predicted octanol–water partition coefficient (Wildman–Crippen LogP) is 1.66. The molecule has 8 heteroatoms. The van der Waals surface area contributed by atoms with Gasteiger partial charge in [0.1, 0.15) is 11.6 Å². The number of rotatable bonds is 11. The maximum absolute atomic E-state index is 6.04. The molecule has 2 aliphatic rings. The topological polar surface area (TPSA) is 103 Å². The van der Waals surface area contributed by atoms with Gasteiger partial charge in [-0.3, -0.25) is 0 Å². The first kappa shape index (κ1) is 23.0. The van der Waals surface area contributed by atoms with Crippen molar-refractivity contribution in [3.8, 4) is 0 Å². The molecule has 170 valence electrons. The van der Waals surface area contributed by atoms with Crippen molar-refractivity contribution in [3.63, 3.8) is 0 Å². The van der Waals surface area contributed by atoms with Crippen LogP contribution in [0.4, 0.5) is 17.6 Å². The molecule has 8 nitrogen and oxygen atoms in total. The summed E-state index contributed by atoms with van der Waals surface area (Å²) in [6, 6.07) is 2.47. The molecule has 0 radical (unpaired) electrons. The maximum atomic E-state index is 6.04. The van der Waals surface area contributed by atoms with Crippen LogP contribution in [-0.4, -0.2) is 68.4 Å². The summed E-state index contributed by atoms with van der Waals surface area (Å²) >= 11 is 0. The van der Waals surface area contributed by atoms with Crippen LogP contribution in [0.2, 0.25) is 0 Å². The van der Waals surface area contributed by atoms with Gasteiger partial charge in [-0.2, -0.15) is 9.97 Å². The monoisotopic (exact) mass is 418 g/mol. The van der Waals surface area contributed by atoms with E-state index in [1.165, 1.54) is 32.1 Å². The zero-order chi connectivity index (χ0) is 21.2. The number of nitrogens with one attached hydrogen (secondary N) is 4. The van der Waals surface area contributed by atoms with Gasteiger partial charge in [0.25, 0.3) is 0 Å². The largest absolute Gasteiger partial charge is 0.383 e. The molecular weight excluding hydrogens is 376 g/mol. The summed E-state index contributed by atoms with van der Waals surface area (Å²) in [7, 11) is 0. The van der Waals surface area contributed by atoms with Gasteiger partial charge in [-0.15, -0.1) is 0 Å². The third kappa shape index (κ3) is 7.89. The van der Waals surface area contributed by atoms with E-state index < -0.39 is 0 Å². The standard InChI is InChI=1S/C22H42N8/c1-17(2)26-9-3-8-25-15-18-4-6-19(7-5-18)16-27-22-28-20(23)14-21(29-22)30-12-10-24-11-13-30/h14,17-19,24-26H,3-13,15-16H2,1-2H3,(H3,23,27,28,29). The summed E-state index contributed by atoms with van der Waals surface area (Å²) in [5.74, 6) is 3.66. The molecular formula is C22H42N8. The molecule has 2 fully saturated rings. The highest BCUT2D eigenvalue weighted by atomic mass is 15.3. The molecule has 0 unspecified atom stereocenters. The zero-order valence-electron chi connectivity index (χ0n) is 18.9. The highest BCUT2D eigenvalue weighted by Crippen LogP contribution is 2.28. The minimum absolute atomic E-state index is 0.541. The first-order valence-electron chi connectivity index (χ1n) is 11.9. The molecule has 1 saturated carbocycles. The van der Waals surface area contributed by atoms with Gasteiger partial charge in [-0.05, 0) is 63.6 Å². The molecule has 1 aromatic rings. The number of hydrogen-bond donors (Lipinski definition) is 5. The van der Waals surface area contributed by atoms with Gasteiger partial charge in [0.15, 0.2) is 0 Å². The molecule has 30 heavy (non-hydrogen) atoms. The van der Waals surface area contributed by atoms with Crippen molar-refractivity contribution >= 4 is 17.6 Å². The fraction of sp³-hybridized carbons (Fsp3) is 0.818. The quantitative estimate of drug-likeness (QED) is 0.346. The molecule has 1 aliphatic heterocycles. The van der Waals surface area contributed by atoms with Crippen molar-refractivity contribution in [2.45, 2.75) is 52.0 Å². The Kier molecular flexibility index (Phi) is 9.42. The van der Waals surface area contributed by atoms with E-state index in [4.69, 9.17) is 10.7 Å². The van der Waals surface area contributed by atoms with E-state index in [9.17, 15) is 0 Å². The Balaban J connectivity index is 1.33. The Morgan fingerprint density at radius 3 is 2.47 bits per heavy atom. The van der Waals surface area contributed by atoms with Crippen LogP contribution in [0.15, 0.2) is 6.07 Å². The SMILES string of the molecule is CC(C)NCCCNCC1CCC(CNc2nc(N)cc(N3CCNCC3)n2)CC1. The minimum Gasteiger partial charge on any atom is -0.383 e. The highest BCUT2D eigenvalue weighted by molar-refractivity contribution is 5.51. The second-order valence-electron chi connectivity index (χ2n) is 9.15. The number of nitrogens with zero attached hydrogens (tertiary/aromatic N) is 3. The highest BCUT2D eigenvalue weighted by Gasteiger charge is 2.21. The lowest BCUT2D eigenvalue weighted by Gasteiger charge is -2.30.